The summed E-state index contributed by atoms with van der Waals surface area (Å²) in [7, 11) is 1.66. The Bertz CT molecular complexity index is 973. The fraction of sp³-hybridized carbons (Fsp3) is 0.650. The maximum absolute atomic E-state index is 12.9. The number of amides is 2. The van der Waals surface area contributed by atoms with Gasteiger partial charge in [0.25, 0.3) is 5.56 Å². The van der Waals surface area contributed by atoms with Crippen LogP contribution in [0, 0.1) is 5.92 Å². The van der Waals surface area contributed by atoms with Gasteiger partial charge in [-0.15, -0.1) is 0 Å². The molecule has 162 valence electrons. The third-order valence-electron chi connectivity index (χ3n) is 6.04. The molecule has 1 saturated carbocycles. The topological polar surface area (TPSA) is 109 Å². The SMILES string of the molecule is CNC(=O)C1CCN(c2nc3ncn(CC(=O)NC4CCCCC4)c(=O)c3s2)CC1. The zero-order valence-corrected chi connectivity index (χ0v) is 18.0. The lowest BCUT2D eigenvalue weighted by Gasteiger charge is -2.30. The lowest BCUT2D eigenvalue weighted by molar-refractivity contribution is -0.125. The first kappa shape index (κ1) is 20.8. The van der Waals surface area contributed by atoms with E-state index in [1.54, 1.807) is 7.05 Å². The monoisotopic (exact) mass is 432 g/mol. The van der Waals surface area contributed by atoms with Gasteiger partial charge in [0.2, 0.25) is 11.8 Å². The number of hydrogen-bond donors (Lipinski definition) is 2. The van der Waals surface area contributed by atoms with Crippen molar-refractivity contribution >= 4 is 38.6 Å². The van der Waals surface area contributed by atoms with E-state index in [-0.39, 0.29) is 35.9 Å². The fourth-order valence-electron chi connectivity index (χ4n) is 4.30. The Morgan fingerprint density at radius 2 is 1.90 bits per heavy atom. The van der Waals surface area contributed by atoms with Crippen LogP contribution < -0.4 is 21.1 Å². The summed E-state index contributed by atoms with van der Waals surface area (Å²) in [6, 6.07) is 0.214. The molecule has 2 aromatic heterocycles. The van der Waals surface area contributed by atoms with Crippen LogP contribution in [-0.2, 0) is 16.1 Å². The molecular formula is C20H28N6O3S. The summed E-state index contributed by atoms with van der Waals surface area (Å²) in [6.45, 7) is 1.41. The summed E-state index contributed by atoms with van der Waals surface area (Å²) in [4.78, 5) is 48.0. The molecule has 10 heteroatoms. The van der Waals surface area contributed by atoms with Gasteiger partial charge in [0.15, 0.2) is 10.8 Å². The summed E-state index contributed by atoms with van der Waals surface area (Å²) >= 11 is 1.31. The number of fused-ring (bicyclic) bond motifs is 1. The molecule has 1 aliphatic heterocycles. The van der Waals surface area contributed by atoms with E-state index in [1.807, 2.05) is 0 Å². The van der Waals surface area contributed by atoms with Gasteiger partial charge in [-0.1, -0.05) is 30.6 Å². The molecule has 2 amide bonds. The van der Waals surface area contributed by atoms with Gasteiger partial charge in [-0.05, 0) is 25.7 Å². The van der Waals surface area contributed by atoms with E-state index >= 15 is 0 Å². The molecule has 2 N–H and O–H groups in total. The van der Waals surface area contributed by atoms with Crippen LogP contribution in [0.3, 0.4) is 0 Å². The minimum Gasteiger partial charge on any atom is -0.359 e. The summed E-state index contributed by atoms with van der Waals surface area (Å²) in [5.41, 5.74) is 0.181. The number of thiazole rings is 1. The highest BCUT2D eigenvalue weighted by molar-refractivity contribution is 7.22. The zero-order valence-electron chi connectivity index (χ0n) is 17.2. The van der Waals surface area contributed by atoms with Gasteiger partial charge in [0.1, 0.15) is 17.6 Å². The highest BCUT2D eigenvalue weighted by atomic mass is 32.1. The van der Waals surface area contributed by atoms with Crippen molar-refractivity contribution in [2.24, 2.45) is 5.92 Å². The van der Waals surface area contributed by atoms with Crippen molar-refractivity contribution in [3.8, 4) is 0 Å². The molecular weight excluding hydrogens is 404 g/mol. The second kappa shape index (κ2) is 9.11. The highest BCUT2D eigenvalue weighted by Gasteiger charge is 2.26. The lowest BCUT2D eigenvalue weighted by Crippen LogP contribution is -2.39. The number of hydrogen-bond acceptors (Lipinski definition) is 7. The van der Waals surface area contributed by atoms with Crippen LogP contribution in [0.4, 0.5) is 5.13 Å². The molecule has 0 atom stereocenters. The van der Waals surface area contributed by atoms with Crippen molar-refractivity contribution in [2.45, 2.75) is 57.5 Å². The quantitative estimate of drug-likeness (QED) is 0.736. The van der Waals surface area contributed by atoms with Crippen molar-refractivity contribution < 1.29 is 9.59 Å². The molecule has 9 nitrogen and oxygen atoms in total. The predicted molar refractivity (Wildman–Crippen MR) is 116 cm³/mol. The standard InChI is InChI=1S/C20H28N6O3S/c1-21-18(28)13-7-9-25(10-8-13)20-24-17-16(30-20)19(29)26(12-22-17)11-15(27)23-14-5-3-2-4-6-14/h12-14H,2-11H2,1H3,(H,21,28)(H,23,27). The number of anilines is 1. The summed E-state index contributed by atoms with van der Waals surface area (Å²) in [6.07, 6.45) is 8.45. The molecule has 1 saturated heterocycles. The number of piperidine rings is 1. The maximum Gasteiger partial charge on any atom is 0.273 e. The second-order valence-electron chi connectivity index (χ2n) is 8.10. The van der Waals surface area contributed by atoms with Gasteiger partial charge in [-0.3, -0.25) is 19.0 Å². The molecule has 2 aromatic rings. The van der Waals surface area contributed by atoms with E-state index in [9.17, 15) is 14.4 Å². The van der Waals surface area contributed by atoms with E-state index in [1.165, 1.54) is 28.7 Å². The molecule has 0 radical (unpaired) electrons. The first-order valence-electron chi connectivity index (χ1n) is 10.7. The smallest absolute Gasteiger partial charge is 0.273 e. The van der Waals surface area contributed by atoms with Crippen LogP contribution in [0.15, 0.2) is 11.1 Å². The number of aromatic nitrogens is 3. The Kier molecular flexibility index (Phi) is 6.31. The molecule has 0 unspecified atom stereocenters. The van der Waals surface area contributed by atoms with Gasteiger partial charge in [0.05, 0.1) is 0 Å². The third kappa shape index (κ3) is 4.48. The van der Waals surface area contributed by atoms with Gasteiger partial charge in [-0.2, -0.15) is 4.98 Å². The number of nitrogens with zero attached hydrogens (tertiary/aromatic N) is 4. The zero-order chi connectivity index (χ0) is 21.1. The minimum atomic E-state index is -0.234. The highest BCUT2D eigenvalue weighted by Crippen LogP contribution is 2.29. The number of rotatable bonds is 5. The average molecular weight is 433 g/mol. The Hall–Kier alpha value is -2.49. The van der Waals surface area contributed by atoms with E-state index in [4.69, 9.17) is 0 Å². The third-order valence-corrected chi connectivity index (χ3v) is 7.13. The van der Waals surface area contributed by atoms with Crippen molar-refractivity contribution in [3.05, 3.63) is 16.7 Å². The van der Waals surface area contributed by atoms with Crippen LogP contribution in [0.25, 0.3) is 10.3 Å². The molecule has 2 aliphatic rings. The molecule has 2 fully saturated rings. The molecule has 0 aromatic carbocycles. The largest absolute Gasteiger partial charge is 0.359 e. The van der Waals surface area contributed by atoms with Crippen LogP contribution in [0.1, 0.15) is 44.9 Å². The molecule has 4 rings (SSSR count). The van der Waals surface area contributed by atoms with Gasteiger partial charge >= 0.3 is 0 Å². The first-order valence-corrected chi connectivity index (χ1v) is 11.5. The predicted octanol–water partition coefficient (Wildman–Crippen LogP) is 1.26. The number of carbonyl (C=O) groups excluding carboxylic acids is 2. The Morgan fingerprint density at radius 3 is 2.60 bits per heavy atom. The van der Waals surface area contributed by atoms with Crippen molar-refractivity contribution in [1.82, 2.24) is 25.2 Å². The molecule has 30 heavy (non-hydrogen) atoms. The summed E-state index contributed by atoms with van der Waals surface area (Å²) in [5.74, 6) is -0.0418. The summed E-state index contributed by atoms with van der Waals surface area (Å²) < 4.78 is 1.83. The lowest BCUT2D eigenvalue weighted by atomic mass is 9.95. The summed E-state index contributed by atoms with van der Waals surface area (Å²) in [5, 5.41) is 6.49. The molecule has 0 bridgehead atoms. The number of nitrogens with one attached hydrogen (secondary N) is 2. The van der Waals surface area contributed by atoms with Crippen LogP contribution in [0.5, 0.6) is 0 Å². The average Bonchev–Trinajstić information content (AvgIpc) is 3.21. The minimum absolute atomic E-state index is 0.0248. The normalized spacial score (nSPS) is 18.5. The van der Waals surface area contributed by atoms with Crippen LogP contribution >= 0.6 is 11.3 Å². The Labute approximate surface area is 178 Å². The molecule has 3 heterocycles. The van der Waals surface area contributed by atoms with Gasteiger partial charge < -0.3 is 15.5 Å². The van der Waals surface area contributed by atoms with Crippen molar-refractivity contribution in [2.75, 3.05) is 25.0 Å². The maximum atomic E-state index is 12.9. The Morgan fingerprint density at radius 1 is 1.17 bits per heavy atom. The first-order chi connectivity index (χ1) is 14.5. The molecule has 0 spiro atoms. The fourth-order valence-corrected chi connectivity index (χ4v) is 5.32. The van der Waals surface area contributed by atoms with Crippen LogP contribution in [0.2, 0.25) is 0 Å². The van der Waals surface area contributed by atoms with Crippen molar-refractivity contribution in [3.63, 3.8) is 0 Å². The Balaban J connectivity index is 1.44. The second-order valence-corrected chi connectivity index (χ2v) is 9.08. The van der Waals surface area contributed by atoms with E-state index in [0.717, 1.165) is 56.7 Å². The number of carbonyl (C=O) groups is 2. The van der Waals surface area contributed by atoms with Gasteiger partial charge in [-0.25, -0.2) is 4.98 Å². The van der Waals surface area contributed by atoms with E-state index in [2.05, 4.69) is 25.5 Å². The van der Waals surface area contributed by atoms with Crippen LogP contribution in [-0.4, -0.2) is 52.5 Å². The molecule has 1 aliphatic carbocycles. The van der Waals surface area contributed by atoms with E-state index < -0.39 is 0 Å². The van der Waals surface area contributed by atoms with Gasteiger partial charge in [0, 0.05) is 32.1 Å². The van der Waals surface area contributed by atoms with E-state index in [0.29, 0.717) is 10.3 Å². The van der Waals surface area contributed by atoms with Crippen molar-refractivity contribution in [1.29, 1.82) is 0 Å².